The fourth-order valence-corrected chi connectivity index (χ4v) is 3.43. The molecular weight excluding hydrogens is 1140 g/mol. The van der Waals surface area contributed by atoms with Crippen LogP contribution < -0.4 is 0 Å². The van der Waals surface area contributed by atoms with Crippen LogP contribution in [0.5, 0.6) is 0 Å². The molecule has 0 N–H and O–H groups in total. The maximum Gasteiger partial charge on any atom is 0.147 e. The maximum atomic E-state index is 3.92. The molecule has 10 aromatic heterocycles. The van der Waals surface area contributed by atoms with Crippen LogP contribution >= 0.6 is 0 Å². The van der Waals surface area contributed by atoms with Crippen molar-refractivity contribution in [2.24, 2.45) is 0 Å². The van der Waals surface area contributed by atoms with Crippen LogP contribution in [0.25, 0.3) is 0 Å². The van der Waals surface area contributed by atoms with E-state index in [4.69, 9.17) is 0 Å². The van der Waals surface area contributed by atoms with Crippen molar-refractivity contribution in [1.29, 1.82) is 0 Å². The Morgan fingerprint density at radius 1 is 0.209 bits per heavy atom. The summed E-state index contributed by atoms with van der Waals surface area (Å²) in [6.45, 7) is 58.9. The van der Waals surface area contributed by atoms with Gasteiger partial charge in [0, 0.05) is 73.9 Å². The monoisotopic (exact) mass is 1260 g/mol. The first-order valence-electron chi connectivity index (χ1n) is 30.7. The molecule has 0 spiro atoms. The van der Waals surface area contributed by atoms with Gasteiger partial charge in [-0.25, -0.2) is 59.8 Å². The zero-order chi connectivity index (χ0) is 71.1. The molecule has 10 rings (SSSR count). The van der Waals surface area contributed by atoms with E-state index >= 15 is 0 Å². The molecule has 24 heteroatoms. The highest BCUT2D eigenvalue weighted by Crippen LogP contribution is 1.87. The molecule has 0 aromatic carbocycles. The summed E-state index contributed by atoms with van der Waals surface area (Å²) in [5, 5.41) is 36.0. The molecule has 0 aliphatic carbocycles. The molecule has 0 saturated heterocycles. The summed E-state index contributed by atoms with van der Waals surface area (Å²) in [6.07, 6.45) is 34.1. The molecule has 508 valence electrons. The van der Waals surface area contributed by atoms with Crippen molar-refractivity contribution >= 4 is 0 Å². The van der Waals surface area contributed by atoms with Crippen molar-refractivity contribution in [2.75, 3.05) is 0 Å². The minimum atomic E-state index is 0. The minimum absolute atomic E-state index is 0. The fraction of sp³-hybridized carbons (Fsp3) is 0.463. The average Bonchev–Trinajstić information content (AvgIpc) is 3.63. The molecule has 0 atom stereocenters. The van der Waals surface area contributed by atoms with E-state index in [1.165, 1.54) is 38.0 Å². The maximum absolute atomic E-state index is 3.92. The molecule has 0 fully saturated rings. The van der Waals surface area contributed by atoms with E-state index in [0.717, 1.165) is 51.2 Å². The van der Waals surface area contributed by atoms with Gasteiger partial charge >= 0.3 is 0 Å². The van der Waals surface area contributed by atoms with Gasteiger partial charge in [-0.05, 0) is 111 Å². The second-order valence-corrected chi connectivity index (χ2v) is 13.1. The molecular formula is C67H120N24. The van der Waals surface area contributed by atoms with Gasteiger partial charge in [0.1, 0.15) is 55.4 Å². The van der Waals surface area contributed by atoms with Gasteiger partial charge in [0.25, 0.3) is 0 Å². The van der Waals surface area contributed by atoms with Gasteiger partial charge in [-0.15, -0.1) is 15.3 Å². The predicted octanol–water partition coefficient (Wildman–Crippen LogP) is 16.3. The Morgan fingerprint density at radius 3 is 0.901 bits per heavy atom. The average molecular weight is 1260 g/mol. The number of hydrogen-bond donors (Lipinski definition) is 0. The highest BCUT2D eigenvalue weighted by atomic mass is 15.1. The minimum Gasteiger partial charge on any atom is -0.261 e. The van der Waals surface area contributed by atoms with Crippen molar-refractivity contribution < 1.29 is 0 Å². The highest BCUT2D eigenvalue weighted by Gasteiger charge is 1.81. The van der Waals surface area contributed by atoms with Crippen molar-refractivity contribution in [1.82, 2.24) is 121 Å². The molecule has 0 aliphatic rings. The summed E-state index contributed by atoms with van der Waals surface area (Å²) in [5.41, 5.74) is 6.93. The molecule has 0 bridgehead atoms. The molecule has 0 aliphatic heterocycles. The molecule has 0 radical (unpaired) electrons. The van der Waals surface area contributed by atoms with Crippen LogP contribution in [0.15, 0.2) is 161 Å². The van der Waals surface area contributed by atoms with E-state index in [9.17, 15) is 0 Å². The second-order valence-electron chi connectivity index (χ2n) is 13.1. The van der Waals surface area contributed by atoms with Gasteiger partial charge in [0.2, 0.25) is 0 Å². The van der Waals surface area contributed by atoms with Crippen molar-refractivity contribution in [3.63, 3.8) is 0 Å². The fourth-order valence-electron chi connectivity index (χ4n) is 3.43. The van der Waals surface area contributed by atoms with Crippen LogP contribution in [0.2, 0.25) is 0 Å². The van der Waals surface area contributed by atoms with E-state index in [-0.39, 0.29) is 7.43 Å². The lowest BCUT2D eigenvalue weighted by molar-refractivity contribution is 0.907. The number of nitrogens with zero attached hydrogens (tertiary/aromatic N) is 24. The molecule has 0 unspecified atom stereocenters. The van der Waals surface area contributed by atoms with Crippen LogP contribution in [0.3, 0.4) is 0 Å². The number of aromatic nitrogens is 24. The largest absolute Gasteiger partial charge is 0.261 e. The highest BCUT2D eigenvalue weighted by molar-refractivity contribution is 5.00. The van der Waals surface area contributed by atoms with Gasteiger partial charge in [0.15, 0.2) is 0 Å². The third-order valence-corrected chi connectivity index (χ3v) is 6.68. The summed E-state index contributed by atoms with van der Waals surface area (Å²) in [4.78, 5) is 53.1. The Labute approximate surface area is 551 Å². The molecule has 10 heterocycles. The van der Waals surface area contributed by atoms with Gasteiger partial charge in [0.05, 0.1) is 47.6 Å². The topological polar surface area (TPSA) is 309 Å². The van der Waals surface area contributed by atoms with Crippen molar-refractivity contribution in [3.05, 3.63) is 218 Å². The lowest BCUT2D eigenvalue weighted by atomic mass is 10.4. The SMILES string of the molecule is C.CC.CC.CC.CC.CC.CC.CC.CC.CC.CC.Cc1cccnn1.Cc1ccncn1.Cc1ccnnc1.Cc1cnccn1.Cc1cncnc1.Cc1cncnn1.Cc1cnncn1.Cc1ncccn1.Cc1nccnn1.Cc1ncncn1. The Balaban J connectivity index is -0.0000000841. The lowest BCUT2D eigenvalue weighted by Gasteiger charge is -1.81. The van der Waals surface area contributed by atoms with Crippen molar-refractivity contribution in [2.45, 2.75) is 215 Å². The first-order valence-corrected chi connectivity index (χ1v) is 30.7. The first-order chi connectivity index (χ1) is 43.9. The van der Waals surface area contributed by atoms with E-state index in [1.807, 2.05) is 225 Å². The van der Waals surface area contributed by atoms with Gasteiger partial charge in [-0.3, -0.25) is 9.97 Å². The van der Waals surface area contributed by atoms with Gasteiger partial charge in [-0.2, -0.15) is 35.7 Å². The van der Waals surface area contributed by atoms with E-state index in [2.05, 4.69) is 121 Å². The lowest BCUT2D eigenvalue weighted by Crippen LogP contribution is -1.85. The van der Waals surface area contributed by atoms with E-state index < -0.39 is 0 Å². The van der Waals surface area contributed by atoms with E-state index in [0.29, 0.717) is 5.82 Å². The van der Waals surface area contributed by atoms with Crippen LogP contribution in [-0.4, -0.2) is 121 Å². The smallest absolute Gasteiger partial charge is 0.147 e. The van der Waals surface area contributed by atoms with Gasteiger partial charge < -0.3 is 0 Å². The number of rotatable bonds is 0. The summed E-state index contributed by atoms with van der Waals surface area (Å²) in [6, 6.07) is 9.34. The predicted molar refractivity (Wildman–Crippen MR) is 379 cm³/mol. The molecule has 0 saturated carbocycles. The quantitative estimate of drug-likeness (QED) is 0.136. The standard InChI is InChI=1S/6C5H6N2.4C4H5N3.10C2H6.CH4/c1-5-2-6-4-7-3-5;1-5-4-6-2-3-7-5;1-5-2-3-6-4-7-5;1-5-2-3-6-7-4-5;1-5-6-3-2-4-7-5;1-5-3-2-4-6-7-5;1-4-6-2-5-3-7-4;1-4-2-6-7-3-5-4;1-4-2-5-3-6-7-4;1-4-5-2-3-6-7-4;10*1-2;/h6*2-4H,1H3;4*2-3H,1H3;10*1-2H3;1H4. The molecule has 91 heavy (non-hydrogen) atoms. The third kappa shape index (κ3) is 99.8. The zero-order valence-electron chi connectivity index (χ0n) is 60.7. The summed E-state index contributed by atoms with van der Waals surface area (Å²) in [7, 11) is 0. The Kier molecular flexibility index (Phi) is 120. The van der Waals surface area contributed by atoms with E-state index in [1.54, 1.807) is 106 Å². The number of hydrogen-bond acceptors (Lipinski definition) is 24. The second kappa shape index (κ2) is 102. The number of aryl methyl sites for hydroxylation is 10. The summed E-state index contributed by atoms with van der Waals surface area (Å²) >= 11 is 0. The zero-order valence-corrected chi connectivity index (χ0v) is 60.7. The molecule has 10 aromatic rings. The van der Waals surface area contributed by atoms with Crippen LogP contribution in [-0.2, 0) is 0 Å². The normalized spacial score (nSPS) is 7.36. The third-order valence-electron chi connectivity index (χ3n) is 6.68. The van der Waals surface area contributed by atoms with Crippen LogP contribution in [0, 0.1) is 69.2 Å². The Bertz CT molecular complexity index is 2000. The molecule has 0 amide bonds. The van der Waals surface area contributed by atoms with Gasteiger partial charge in [-0.1, -0.05) is 146 Å². The summed E-state index contributed by atoms with van der Waals surface area (Å²) in [5.74, 6) is 2.29. The first kappa shape index (κ1) is 106. The molecule has 24 nitrogen and oxygen atoms in total. The Morgan fingerprint density at radius 2 is 0.681 bits per heavy atom. The Hall–Kier alpha value is -9.48. The van der Waals surface area contributed by atoms with Crippen molar-refractivity contribution in [3.8, 4) is 0 Å². The summed E-state index contributed by atoms with van der Waals surface area (Å²) < 4.78 is 0. The van der Waals surface area contributed by atoms with Crippen LogP contribution in [0.1, 0.15) is 203 Å². The van der Waals surface area contributed by atoms with Crippen LogP contribution in [0.4, 0.5) is 0 Å².